The number of nitrogens with zero attached hydrogens (tertiary/aromatic N) is 2. The van der Waals surface area contributed by atoms with Gasteiger partial charge in [-0.3, -0.25) is 5.10 Å². The molecule has 24 heavy (non-hydrogen) atoms. The number of methoxy groups -OCH3 is 1. The molecule has 0 radical (unpaired) electrons. The Morgan fingerprint density at radius 3 is 2.88 bits per heavy atom. The molecule has 0 saturated carbocycles. The van der Waals surface area contributed by atoms with Gasteiger partial charge in [-0.05, 0) is 32.0 Å². The normalized spacial score (nSPS) is 11.5. The molecule has 2 heterocycles. The Hall–Kier alpha value is -2.55. The van der Waals surface area contributed by atoms with Crippen LogP contribution in [0.5, 0.6) is 0 Å². The second-order valence-electron chi connectivity index (χ2n) is 6.26. The van der Waals surface area contributed by atoms with Gasteiger partial charge in [0.25, 0.3) is 0 Å². The largest absolute Gasteiger partial charge is 0.383 e. The van der Waals surface area contributed by atoms with Gasteiger partial charge in [-0.2, -0.15) is 5.10 Å². The van der Waals surface area contributed by atoms with E-state index in [-0.39, 0.29) is 0 Å². The van der Waals surface area contributed by atoms with E-state index in [1.807, 2.05) is 18.5 Å². The lowest BCUT2D eigenvalue weighted by Gasteiger charge is -2.06. The lowest BCUT2D eigenvalue weighted by atomic mass is 10.0. The number of H-pyrrole nitrogens is 1. The number of aromatic nitrogens is 3. The van der Waals surface area contributed by atoms with Crippen LogP contribution < -0.4 is 0 Å². The van der Waals surface area contributed by atoms with Crippen molar-refractivity contribution in [2.75, 3.05) is 13.7 Å². The summed E-state index contributed by atoms with van der Waals surface area (Å²) in [6.07, 6.45) is 5.80. The molecule has 0 aliphatic carbocycles. The Labute approximate surface area is 141 Å². The van der Waals surface area contributed by atoms with Crippen molar-refractivity contribution in [1.29, 1.82) is 0 Å². The third-order valence-corrected chi connectivity index (χ3v) is 3.74. The Morgan fingerprint density at radius 1 is 1.38 bits per heavy atom. The van der Waals surface area contributed by atoms with Crippen molar-refractivity contribution in [2.45, 2.75) is 26.0 Å². The van der Waals surface area contributed by atoms with Gasteiger partial charge in [0.2, 0.25) is 0 Å². The first-order chi connectivity index (χ1) is 11.5. The first-order valence-corrected chi connectivity index (χ1v) is 7.84. The van der Waals surface area contributed by atoms with Crippen molar-refractivity contribution in [3.8, 4) is 23.0 Å². The number of hydrogen-bond donors (Lipinski definition) is 2. The smallest absolute Gasteiger partial charge is 0.120 e. The summed E-state index contributed by atoms with van der Waals surface area (Å²) in [6.45, 7) is 4.78. The number of ether oxygens (including phenoxy) is 1. The molecular weight excluding hydrogens is 302 g/mol. The van der Waals surface area contributed by atoms with Crippen molar-refractivity contribution < 1.29 is 9.84 Å². The fourth-order valence-corrected chi connectivity index (χ4v) is 2.60. The SMILES string of the molecule is COCCn1cc(-c2cn[nH]c2)c2cc(C#CC(C)(C)O)ccc21. The third-order valence-electron chi connectivity index (χ3n) is 3.74. The predicted molar refractivity (Wildman–Crippen MR) is 94.6 cm³/mol. The average Bonchev–Trinajstić information content (AvgIpc) is 3.17. The van der Waals surface area contributed by atoms with Gasteiger partial charge in [0, 0.05) is 53.6 Å². The molecule has 0 spiro atoms. The van der Waals surface area contributed by atoms with Crippen molar-refractivity contribution in [3.05, 3.63) is 42.4 Å². The summed E-state index contributed by atoms with van der Waals surface area (Å²) in [5.41, 5.74) is 3.12. The van der Waals surface area contributed by atoms with E-state index in [1.54, 1.807) is 21.0 Å². The van der Waals surface area contributed by atoms with Crippen LogP contribution in [0.2, 0.25) is 0 Å². The first kappa shape index (κ1) is 16.3. The monoisotopic (exact) mass is 323 g/mol. The topological polar surface area (TPSA) is 63.1 Å². The van der Waals surface area contributed by atoms with E-state index >= 15 is 0 Å². The van der Waals surface area contributed by atoms with Gasteiger partial charge in [-0.1, -0.05) is 11.8 Å². The zero-order chi connectivity index (χ0) is 17.2. The molecule has 0 bridgehead atoms. The molecule has 1 aromatic carbocycles. The van der Waals surface area contributed by atoms with Crippen LogP contribution >= 0.6 is 0 Å². The number of aromatic amines is 1. The Kier molecular flexibility index (Phi) is 4.43. The van der Waals surface area contributed by atoms with Gasteiger partial charge in [-0.25, -0.2) is 0 Å². The first-order valence-electron chi connectivity index (χ1n) is 7.84. The van der Waals surface area contributed by atoms with Crippen LogP contribution in [0.15, 0.2) is 36.8 Å². The van der Waals surface area contributed by atoms with Crippen LogP contribution in [-0.4, -0.2) is 39.2 Å². The molecule has 2 N–H and O–H groups in total. The Morgan fingerprint density at radius 2 is 2.21 bits per heavy atom. The van der Waals surface area contributed by atoms with Gasteiger partial charge < -0.3 is 14.4 Å². The van der Waals surface area contributed by atoms with Crippen molar-refractivity contribution in [2.24, 2.45) is 0 Å². The summed E-state index contributed by atoms with van der Waals surface area (Å²) >= 11 is 0. The number of aliphatic hydroxyl groups is 1. The zero-order valence-corrected chi connectivity index (χ0v) is 14.1. The van der Waals surface area contributed by atoms with Crippen molar-refractivity contribution in [1.82, 2.24) is 14.8 Å². The summed E-state index contributed by atoms with van der Waals surface area (Å²) < 4.78 is 7.38. The number of nitrogens with one attached hydrogen (secondary N) is 1. The van der Waals surface area contributed by atoms with Gasteiger partial charge >= 0.3 is 0 Å². The average molecular weight is 323 g/mol. The second kappa shape index (κ2) is 6.52. The second-order valence-corrected chi connectivity index (χ2v) is 6.26. The standard InChI is InChI=1S/C19H21N3O2/c1-19(2,23)7-6-14-4-5-18-16(10-14)17(15-11-20-21-12-15)13-22(18)8-9-24-3/h4-5,10-13,23H,8-9H2,1-3H3,(H,20,21). The van der Waals surface area contributed by atoms with E-state index in [1.165, 1.54) is 0 Å². The van der Waals surface area contributed by atoms with Crippen LogP contribution in [0.3, 0.4) is 0 Å². The van der Waals surface area contributed by atoms with Gasteiger partial charge in [0.1, 0.15) is 5.60 Å². The molecule has 0 amide bonds. The van der Waals surface area contributed by atoms with E-state index in [0.29, 0.717) is 6.61 Å². The fraction of sp³-hybridized carbons (Fsp3) is 0.316. The minimum Gasteiger partial charge on any atom is -0.383 e. The maximum absolute atomic E-state index is 9.79. The molecule has 2 aromatic heterocycles. The lowest BCUT2D eigenvalue weighted by Crippen LogP contribution is -2.14. The highest BCUT2D eigenvalue weighted by Crippen LogP contribution is 2.30. The van der Waals surface area contributed by atoms with E-state index < -0.39 is 5.60 Å². The molecular formula is C19H21N3O2. The number of hydrogen-bond acceptors (Lipinski definition) is 3. The van der Waals surface area contributed by atoms with Crippen molar-refractivity contribution in [3.63, 3.8) is 0 Å². The molecule has 0 aliphatic rings. The quantitative estimate of drug-likeness (QED) is 0.726. The van der Waals surface area contributed by atoms with Crippen LogP contribution in [0.25, 0.3) is 22.0 Å². The molecule has 0 aliphatic heterocycles. The van der Waals surface area contributed by atoms with E-state index in [9.17, 15) is 5.11 Å². The molecule has 0 fully saturated rings. The van der Waals surface area contributed by atoms with Gasteiger partial charge in [0.05, 0.1) is 12.8 Å². The van der Waals surface area contributed by atoms with E-state index in [2.05, 4.69) is 44.9 Å². The molecule has 3 aromatic rings. The molecule has 3 rings (SSSR count). The number of benzene rings is 1. The Balaban J connectivity index is 2.12. The molecule has 124 valence electrons. The highest BCUT2D eigenvalue weighted by molar-refractivity contribution is 5.96. The Bertz CT molecular complexity index is 890. The fourth-order valence-electron chi connectivity index (χ4n) is 2.60. The lowest BCUT2D eigenvalue weighted by molar-refractivity contribution is 0.143. The summed E-state index contributed by atoms with van der Waals surface area (Å²) in [7, 11) is 1.70. The summed E-state index contributed by atoms with van der Waals surface area (Å²) in [6, 6.07) is 6.09. The summed E-state index contributed by atoms with van der Waals surface area (Å²) in [5, 5.41) is 17.8. The molecule has 5 heteroatoms. The van der Waals surface area contributed by atoms with Gasteiger partial charge in [0.15, 0.2) is 0 Å². The summed E-state index contributed by atoms with van der Waals surface area (Å²) in [4.78, 5) is 0. The van der Waals surface area contributed by atoms with Gasteiger partial charge in [-0.15, -0.1) is 0 Å². The number of rotatable bonds is 4. The maximum atomic E-state index is 9.79. The third kappa shape index (κ3) is 3.51. The highest BCUT2D eigenvalue weighted by atomic mass is 16.5. The maximum Gasteiger partial charge on any atom is 0.120 e. The van der Waals surface area contributed by atoms with Crippen LogP contribution in [0.4, 0.5) is 0 Å². The number of fused-ring (bicyclic) bond motifs is 1. The molecule has 0 saturated heterocycles. The van der Waals surface area contributed by atoms with E-state index in [0.717, 1.165) is 34.1 Å². The minimum atomic E-state index is -1.01. The van der Waals surface area contributed by atoms with E-state index in [4.69, 9.17) is 4.74 Å². The molecule has 0 unspecified atom stereocenters. The van der Waals surface area contributed by atoms with Crippen LogP contribution in [-0.2, 0) is 11.3 Å². The highest BCUT2D eigenvalue weighted by Gasteiger charge is 2.12. The zero-order valence-electron chi connectivity index (χ0n) is 14.1. The predicted octanol–water partition coefficient (Wildman–Crippen LogP) is 2.80. The van der Waals surface area contributed by atoms with Crippen LogP contribution in [0, 0.1) is 11.8 Å². The summed E-state index contributed by atoms with van der Waals surface area (Å²) in [5.74, 6) is 5.90. The van der Waals surface area contributed by atoms with Crippen LogP contribution in [0.1, 0.15) is 19.4 Å². The minimum absolute atomic E-state index is 0.648. The van der Waals surface area contributed by atoms with Crippen molar-refractivity contribution >= 4 is 10.9 Å². The molecule has 0 atom stereocenters. The molecule has 5 nitrogen and oxygen atoms in total.